The lowest BCUT2D eigenvalue weighted by Gasteiger charge is -2.07. The van der Waals surface area contributed by atoms with Gasteiger partial charge in [0.1, 0.15) is 12.4 Å². The molecule has 2 rings (SSSR count). The SMILES string of the molecule is O=C(Cn1ccnn1)Nc1cc(F)ccc1Br. The van der Waals surface area contributed by atoms with Crippen molar-refractivity contribution in [1.29, 1.82) is 0 Å². The van der Waals surface area contributed by atoms with E-state index in [9.17, 15) is 9.18 Å². The van der Waals surface area contributed by atoms with Crippen molar-refractivity contribution in [2.45, 2.75) is 6.54 Å². The first kappa shape index (κ1) is 11.7. The molecule has 0 radical (unpaired) electrons. The third-order valence-corrected chi connectivity index (χ3v) is 2.67. The second-order valence-corrected chi connectivity index (χ2v) is 4.13. The summed E-state index contributed by atoms with van der Waals surface area (Å²) in [6, 6.07) is 4.07. The van der Waals surface area contributed by atoms with E-state index >= 15 is 0 Å². The van der Waals surface area contributed by atoms with Crippen LogP contribution in [0.5, 0.6) is 0 Å². The van der Waals surface area contributed by atoms with Crippen LogP contribution in [0.2, 0.25) is 0 Å². The van der Waals surface area contributed by atoms with Gasteiger partial charge in [-0.15, -0.1) is 5.10 Å². The zero-order valence-electron chi connectivity index (χ0n) is 8.60. The van der Waals surface area contributed by atoms with Crippen molar-refractivity contribution in [2.75, 3.05) is 5.32 Å². The van der Waals surface area contributed by atoms with Gasteiger partial charge in [0.05, 0.1) is 11.9 Å². The molecule has 1 aromatic heterocycles. The van der Waals surface area contributed by atoms with Crippen molar-refractivity contribution in [1.82, 2.24) is 15.0 Å². The van der Waals surface area contributed by atoms with Crippen LogP contribution in [0.25, 0.3) is 0 Å². The Labute approximate surface area is 105 Å². The van der Waals surface area contributed by atoms with E-state index in [-0.39, 0.29) is 12.5 Å². The minimum atomic E-state index is -0.413. The van der Waals surface area contributed by atoms with Gasteiger partial charge in [0.15, 0.2) is 0 Å². The maximum atomic E-state index is 13.0. The highest BCUT2D eigenvalue weighted by molar-refractivity contribution is 9.10. The van der Waals surface area contributed by atoms with E-state index in [1.165, 1.54) is 29.1 Å². The topological polar surface area (TPSA) is 59.8 Å². The Bertz CT molecular complexity index is 529. The lowest BCUT2D eigenvalue weighted by Crippen LogP contribution is -2.19. The molecule has 0 saturated carbocycles. The Kier molecular flexibility index (Phi) is 3.48. The van der Waals surface area contributed by atoms with Gasteiger partial charge in [-0.25, -0.2) is 9.07 Å². The summed E-state index contributed by atoms with van der Waals surface area (Å²) in [6.45, 7) is 0.0307. The zero-order valence-corrected chi connectivity index (χ0v) is 10.2. The highest BCUT2D eigenvalue weighted by Crippen LogP contribution is 2.22. The lowest BCUT2D eigenvalue weighted by molar-refractivity contribution is -0.116. The first-order valence-electron chi connectivity index (χ1n) is 4.74. The Morgan fingerprint density at radius 1 is 1.53 bits per heavy atom. The summed E-state index contributed by atoms with van der Waals surface area (Å²) < 4.78 is 15.0. The van der Waals surface area contributed by atoms with Crippen LogP contribution in [0, 0.1) is 5.82 Å². The largest absolute Gasteiger partial charge is 0.323 e. The third-order valence-electron chi connectivity index (χ3n) is 1.98. The number of rotatable bonds is 3. The number of carbonyl (C=O) groups is 1. The smallest absolute Gasteiger partial charge is 0.246 e. The first-order valence-corrected chi connectivity index (χ1v) is 5.53. The highest BCUT2D eigenvalue weighted by atomic mass is 79.9. The number of amides is 1. The third kappa shape index (κ3) is 3.10. The predicted molar refractivity (Wildman–Crippen MR) is 62.8 cm³/mol. The number of nitrogens with zero attached hydrogens (tertiary/aromatic N) is 3. The molecule has 0 aliphatic heterocycles. The number of benzene rings is 1. The van der Waals surface area contributed by atoms with Gasteiger partial charge >= 0.3 is 0 Å². The molecule has 1 amide bonds. The van der Waals surface area contributed by atoms with Gasteiger partial charge in [0, 0.05) is 10.7 Å². The molecule has 2 aromatic rings. The maximum absolute atomic E-state index is 13.0. The van der Waals surface area contributed by atoms with Crippen LogP contribution in [0.15, 0.2) is 35.1 Å². The molecular weight excluding hydrogens is 291 g/mol. The average molecular weight is 299 g/mol. The summed E-state index contributed by atoms with van der Waals surface area (Å²) in [5.74, 6) is -0.717. The number of aromatic nitrogens is 3. The van der Waals surface area contributed by atoms with Gasteiger partial charge in [-0.1, -0.05) is 5.21 Å². The average Bonchev–Trinajstić information content (AvgIpc) is 2.76. The molecule has 0 bridgehead atoms. The molecular formula is C10H8BrFN4O. The number of anilines is 1. The summed E-state index contributed by atoms with van der Waals surface area (Å²) in [6.07, 6.45) is 3.05. The van der Waals surface area contributed by atoms with E-state index in [0.717, 1.165) is 0 Å². The monoisotopic (exact) mass is 298 g/mol. The summed E-state index contributed by atoms with van der Waals surface area (Å²) in [4.78, 5) is 11.6. The van der Waals surface area contributed by atoms with Crippen LogP contribution in [0.3, 0.4) is 0 Å². The zero-order chi connectivity index (χ0) is 12.3. The number of hydrogen-bond acceptors (Lipinski definition) is 3. The van der Waals surface area contributed by atoms with Gasteiger partial charge < -0.3 is 5.32 Å². The normalized spacial score (nSPS) is 10.2. The van der Waals surface area contributed by atoms with E-state index in [1.807, 2.05) is 0 Å². The molecule has 1 aromatic carbocycles. The maximum Gasteiger partial charge on any atom is 0.246 e. The Morgan fingerprint density at radius 3 is 3.06 bits per heavy atom. The van der Waals surface area contributed by atoms with Crippen molar-refractivity contribution in [2.24, 2.45) is 0 Å². The fraction of sp³-hybridized carbons (Fsp3) is 0.100. The Balaban J connectivity index is 2.05. The minimum absolute atomic E-state index is 0.0307. The standard InChI is InChI=1S/C10H8BrFN4O/c11-8-2-1-7(12)5-9(8)14-10(17)6-16-4-3-13-15-16/h1-5H,6H2,(H,14,17). The molecule has 0 aliphatic rings. The molecule has 17 heavy (non-hydrogen) atoms. The Hall–Kier alpha value is -1.76. The van der Waals surface area contributed by atoms with Crippen molar-refractivity contribution < 1.29 is 9.18 Å². The Morgan fingerprint density at radius 2 is 2.35 bits per heavy atom. The van der Waals surface area contributed by atoms with Crippen LogP contribution in [-0.4, -0.2) is 20.9 Å². The number of carbonyl (C=O) groups excluding carboxylic acids is 1. The number of hydrogen-bond donors (Lipinski definition) is 1. The van der Waals surface area contributed by atoms with Crippen LogP contribution in [-0.2, 0) is 11.3 Å². The van der Waals surface area contributed by atoms with Gasteiger partial charge in [-0.05, 0) is 34.1 Å². The van der Waals surface area contributed by atoms with E-state index in [2.05, 4.69) is 31.6 Å². The van der Waals surface area contributed by atoms with E-state index < -0.39 is 5.82 Å². The first-order chi connectivity index (χ1) is 8.15. The van der Waals surface area contributed by atoms with Crippen LogP contribution in [0.1, 0.15) is 0 Å². The van der Waals surface area contributed by atoms with Gasteiger partial charge in [0.2, 0.25) is 5.91 Å². The second-order valence-electron chi connectivity index (χ2n) is 3.27. The van der Waals surface area contributed by atoms with Gasteiger partial charge in [-0.2, -0.15) is 0 Å². The van der Waals surface area contributed by atoms with E-state index in [0.29, 0.717) is 10.2 Å². The van der Waals surface area contributed by atoms with Crippen molar-refractivity contribution in [3.05, 3.63) is 40.9 Å². The molecule has 1 heterocycles. The minimum Gasteiger partial charge on any atom is -0.323 e. The molecule has 1 N–H and O–H groups in total. The molecule has 0 aliphatic carbocycles. The summed E-state index contributed by atoms with van der Waals surface area (Å²) in [5.41, 5.74) is 0.384. The molecule has 0 fully saturated rings. The fourth-order valence-corrected chi connectivity index (χ4v) is 1.59. The molecule has 7 heteroatoms. The molecule has 0 unspecified atom stereocenters. The molecule has 0 atom stereocenters. The predicted octanol–water partition coefficient (Wildman–Crippen LogP) is 1.82. The summed E-state index contributed by atoms with van der Waals surface area (Å²) >= 11 is 3.22. The van der Waals surface area contributed by atoms with Crippen LogP contribution in [0.4, 0.5) is 10.1 Å². The van der Waals surface area contributed by atoms with Crippen molar-refractivity contribution in [3.8, 4) is 0 Å². The highest BCUT2D eigenvalue weighted by Gasteiger charge is 2.07. The van der Waals surface area contributed by atoms with Crippen molar-refractivity contribution in [3.63, 3.8) is 0 Å². The van der Waals surface area contributed by atoms with E-state index in [4.69, 9.17) is 0 Å². The quantitative estimate of drug-likeness (QED) is 0.940. The molecule has 88 valence electrons. The molecule has 5 nitrogen and oxygen atoms in total. The van der Waals surface area contributed by atoms with Crippen LogP contribution < -0.4 is 5.32 Å². The number of nitrogens with one attached hydrogen (secondary N) is 1. The lowest BCUT2D eigenvalue weighted by atomic mass is 10.3. The van der Waals surface area contributed by atoms with Gasteiger partial charge in [0.25, 0.3) is 0 Å². The van der Waals surface area contributed by atoms with Gasteiger partial charge in [-0.3, -0.25) is 4.79 Å². The van der Waals surface area contributed by atoms with Crippen molar-refractivity contribution >= 4 is 27.5 Å². The second kappa shape index (κ2) is 5.05. The van der Waals surface area contributed by atoms with Crippen LogP contribution >= 0.6 is 15.9 Å². The molecule has 0 saturated heterocycles. The molecule has 0 spiro atoms. The summed E-state index contributed by atoms with van der Waals surface area (Å²) in [5, 5.41) is 9.81. The fourth-order valence-electron chi connectivity index (χ4n) is 1.25. The number of halogens is 2. The van der Waals surface area contributed by atoms with E-state index in [1.54, 1.807) is 6.20 Å². The summed E-state index contributed by atoms with van der Waals surface area (Å²) in [7, 11) is 0.